The molecule has 8 aromatic carbocycles. The summed E-state index contributed by atoms with van der Waals surface area (Å²) in [5.74, 6) is 1.46. The summed E-state index contributed by atoms with van der Waals surface area (Å²) in [6.45, 7) is 0. The van der Waals surface area contributed by atoms with Gasteiger partial charge in [-0.3, -0.25) is 0 Å². The standard InChI is InChI=1S/C51H32N4OS/c1-3-11-32(12-4-1)49-52-50(33-13-5-2-6-14-33)54-51(53-49)35-21-25-37-41-29-34(22-28-44(41)56-45(37)30-35)31-19-23-36(24-20-31)55-42-17-9-7-16-40(42)47-43(55)27-26-39-38-15-8-10-18-46(38)57-48(39)47/h1-30,49H,(H,52,53,54). The lowest BCUT2D eigenvalue weighted by Crippen LogP contribution is -2.33. The number of nitrogens with zero attached hydrogens (tertiary/aromatic N) is 3. The Morgan fingerprint density at radius 1 is 0.509 bits per heavy atom. The molecule has 1 N–H and O–H groups in total. The summed E-state index contributed by atoms with van der Waals surface area (Å²) in [7, 11) is 0. The number of fused-ring (bicyclic) bond motifs is 10. The van der Waals surface area contributed by atoms with Crippen molar-refractivity contribution in [3.8, 4) is 16.8 Å². The quantitative estimate of drug-likeness (QED) is 0.191. The Morgan fingerprint density at radius 2 is 1.23 bits per heavy atom. The van der Waals surface area contributed by atoms with Crippen LogP contribution in [-0.2, 0) is 0 Å². The largest absolute Gasteiger partial charge is 0.456 e. The van der Waals surface area contributed by atoms with Gasteiger partial charge in [0, 0.05) is 58.5 Å². The summed E-state index contributed by atoms with van der Waals surface area (Å²) in [5.41, 5.74) is 10.5. The average Bonchev–Trinajstić information content (AvgIpc) is 3.96. The van der Waals surface area contributed by atoms with Crippen LogP contribution in [0.2, 0.25) is 0 Å². The van der Waals surface area contributed by atoms with Crippen LogP contribution in [0.4, 0.5) is 0 Å². The molecule has 1 aliphatic heterocycles. The molecule has 1 unspecified atom stereocenters. The second kappa shape index (κ2) is 12.6. The molecule has 4 heterocycles. The third-order valence-electron chi connectivity index (χ3n) is 11.3. The highest BCUT2D eigenvalue weighted by atomic mass is 32.1. The number of amidine groups is 2. The molecule has 12 rings (SSSR count). The maximum atomic E-state index is 6.48. The van der Waals surface area contributed by atoms with E-state index in [9.17, 15) is 0 Å². The lowest BCUT2D eigenvalue weighted by Gasteiger charge is -2.23. The number of furan rings is 1. The fourth-order valence-corrected chi connectivity index (χ4v) is 9.80. The Balaban J connectivity index is 0.905. The van der Waals surface area contributed by atoms with E-state index in [2.05, 4.69) is 155 Å². The first-order valence-electron chi connectivity index (χ1n) is 19.2. The van der Waals surface area contributed by atoms with Gasteiger partial charge < -0.3 is 14.3 Å². The zero-order valence-electron chi connectivity index (χ0n) is 30.6. The zero-order chi connectivity index (χ0) is 37.5. The predicted molar refractivity (Wildman–Crippen MR) is 238 cm³/mol. The summed E-state index contributed by atoms with van der Waals surface area (Å²) in [6.07, 6.45) is -0.262. The Bertz CT molecular complexity index is 3430. The molecule has 0 fully saturated rings. The minimum absolute atomic E-state index is 0.262. The first-order valence-corrected chi connectivity index (χ1v) is 20.0. The van der Waals surface area contributed by atoms with Gasteiger partial charge in [-0.1, -0.05) is 127 Å². The van der Waals surface area contributed by atoms with Crippen molar-refractivity contribution in [2.45, 2.75) is 6.17 Å². The molecule has 57 heavy (non-hydrogen) atoms. The molecule has 0 saturated heterocycles. The highest BCUT2D eigenvalue weighted by molar-refractivity contribution is 7.26. The summed E-state index contributed by atoms with van der Waals surface area (Å²) < 4.78 is 11.6. The van der Waals surface area contributed by atoms with E-state index in [1.54, 1.807) is 0 Å². The molecule has 0 amide bonds. The number of aromatic nitrogens is 1. The second-order valence-electron chi connectivity index (χ2n) is 14.6. The van der Waals surface area contributed by atoms with Gasteiger partial charge in [0.15, 0.2) is 5.84 Å². The van der Waals surface area contributed by atoms with E-state index in [0.29, 0.717) is 5.84 Å². The third-order valence-corrected chi connectivity index (χ3v) is 12.5. The van der Waals surface area contributed by atoms with Crippen molar-refractivity contribution in [2.24, 2.45) is 9.98 Å². The van der Waals surface area contributed by atoms with Crippen LogP contribution in [-0.4, -0.2) is 16.2 Å². The van der Waals surface area contributed by atoms with Gasteiger partial charge in [-0.25, -0.2) is 9.98 Å². The molecule has 3 aromatic heterocycles. The van der Waals surface area contributed by atoms with Gasteiger partial charge in [0.1, 0.15) is 23.2 Å². The summed E-state index contributed by atoms with van der Waals surface area (Å²) in [6, 6.07) is 64.3. The highest BCUT2D eigenvalue weighted by Crippen LogP contribution is 2.43. The van der Waals surface area contributed by atoms with E-state index in [4.69, 9.17) is 14.4 Å². The van der Waals surface area contributed by atoms with E-state index < -0.39 is 0 Å². The predicted octanol–water partition coefficient (Wildman–Crippen LogP) is 13.2. The van der Waals surface area contributed by atoms with Crippen LogP contribution in [0.25, 0.3) is 80.7 Å². The lowest BCUT2D eigenvalue weighted by molar-refractivity contribution is 0.666. The van der Waals surface area contributed by atoms with Gasteiger partial charge in [-0.05, 0) is 71.3 Å². The number of para-hydroxylation sites is 1. The minimum atomic E-state index is -0.262. The van der Waals surface area contributed by atoms with Crippen LogP contribution >= 0.6 is 11.3 Å². The van der Waals surface area contributed by atoms with E-state index in [-0.39, 0.29) is 6.17 Å². The molecule has 0 saturated carbocycles. The van der Waals surface area contributed by atoms with Crippen molar-refractivity contribution in [2.75, 3.05) is 0 Å². The third kappa shape index (κ3) is 5.15. The molecule has 5 nitrogen and oxygen atoms in total. The number of aliphatic imine (C=N–C) groups is 2. The normalized spacial score (nSPS) is 14.5. The fourth-order valence-electron chi connectivity index (χ4n) is 8.54. The molecule has 268 valence electrons. The van der Waals surface area contributed by atoms with Gasteiger partial charge in [-0.15, -0.1) is 11.3 Å². The molecule has 1 atom stereocenters. The number of nitrogens with one attached hydrogen (secondary N) is 1. The van der Waals surface area contributed by atoms with E-state index >= 15 is 0 Å². The maximum Gasteiger partial charge on any atom is 0.159 e. The Morgan fingerprint density at radius 3 is 2.09 bits per heavy atom. The molecule has 0 radical (unpaired) electrons. The van der Waals surface area contributed by atoms with E-state index in [0.717, 1.165) is 61.3 Å². The zero-order valence-corrected chi connectivity index (χ0v) is 31.4. The number of hydrogen-bond donors (Lipinski definition) is 1. The van der Waals surface area contributed by atoms with Crippen molar-refractivity contribution in [1.82, 2.24) is 9.88 Å². The molecule has 0 aliphatic carbocycles. The lowest BCUT2D eigenvalue weighted by atomic mass is 10.0. The average molecular weight is 749 g/mol. The van der Waals surface area contributed by atoms with Crippen molar-refractivity contribution >= 4 is 86.9 Å². The van der Waals surface area contributed by atoms with Crippen LogP contribution < -0.4 is 5.32 Å². The maximum absolute atomic E-state index is 6.48. The van der Waals surface area contributed by atoms with Gasteiger partial charge >= 0.3 is 0 Å². The van der Waals surface area contributed by atoms with Crippen LogP contribution in [0, 0.1) is 0 Å². The summed E-state index contributed by atoms with van der Waals surface area (Å²) >= 11 is 1.89. The van der Waals surface area contributed by atoms with Crippen LogP contribution in [0.3, 0.4) is 0 Å². The topological polar surface area (TPSA) is 54.8 Å². The van der Waals surface area contributed by atoms with Crippen molar-refractivity contribution < 1.29 is 4.42 Å². The van der Waals surface area contributed by atoms with E-state index in [1.165, 1.54) is 42.0 Å². The molecule has 0 spiro atoms. The minimum Gasteiger partial charge on any atom is -0.456 e. The van der Waals surface area contributed by atoms with Crippen LogP contribution in [0.1, 0.15) is 22.9 Å². The molecular formula is C51H32N4OS. The van der Waals surface area contributed by atoms with Gasteiger partial charge in [0.25, 0.3) is 0 Å². The smallest absolute Gasteiger partial charge is 0.159 e. The Kier molecular flexibility index (Phi) is 7.09. The first-order chi connectivity index (χ1) is 28.2. The Labute approximate surface area is 331 Å². The Hall–Kier alpha value is -7.28. The van der Waals surface area contributed by atoms with Crippen LogP contribution in [0.5, 0.6) is 0 Å². The van der Waals surface area contributed by atoms with Crippen molar-refractivity contribution in [3.05, 3.63) is 199 Å². The molecule has 11 aromatic rings. The van der Waals surface area contributed by atoms with Gasteiger partial charge in [0.05, 0.1) is 11.0 Å². The summed E-state index contributed by atoms with van der Waals surface area (Å²) in [4.78, 5) is 10.00. The fraction of sp³-hybridized carbons (Fsp3) is 0.0196. The second-order valence-corrected chi connectivity index (χ2v) is 15.6. The number of rotatable bonds is 5. The van der Waals surface area contributed by atoms with E-state index in [1.807, 2.05) is 47.7 Å². The van der Waals surface area contributed by atoms with Gasteiger partial charge in [0.2, 0.25) is 0 Å². The molecular weight excluding hydrogens is 717 g/mol. The molecule has 0 bridgehead atoms. The monoisotopic (exact) mass is 748 g/mol. The van der Waals surface area contributed by atoms with Crippen molar-refractivity contribution in [3.63, 3.8) is 0 Å². The molecule has 6 heteroatoms. The highest BCUT2D eigenvalue weighted by Gasteiger charge is 2.22. The number of hydrogen-bond acceptors (Lipinski definition) is 5. The van der Waals surface area contributed by atoms with Crippen molar-refractivity contribution in [1.29, 1.82) is 0 Å². The summed E-state index contributed by atoms with van der Waals surface area (Å²) in [5, 5.41) is 11.0. The van der Waals surface area contributed by atoms with Gasteiger partial charge in [-0.2, -0.15) is 0 Å². The number of thiophene rings is 1. The SMILES string of the molecule is c1ccc(C2=NC(c3ccccc3)NC(c3ccc4c(c3)oc3ccc(-c5ccc(-n6c7ccccc7c7c8sc9ccccc9c8ccc76)cc5)cc34)=N2)cc1. The van der Waals surface area contributed by atoms with Crippen LogP contribution in [0.15, 0.2) is 196 Å². The number of benzene rings is 8. The first kappa shape index (κ1) is 32.0. The molecule has 1 aliphatic rings.